The summed E-state index contributed by atoms with van der Waals surface area (Å²) >= 11 is 12.2. The highest BCUT2D eigenvalue weighted by atomic mass is 35.5. The van der Waals surface area contributed by atoms with E-state index in [2.05, 4.69) is 23.5 Å². The van der Waals surface area contributed by atoms with Crippen molar-refractivity contribution in [2.45, 2.75) is 12.5 Å². The van der Waals surface area contributed by atoms with Crippen molar-refractivity contribution in [2.75, 3.05) is 5.32 Å². The molecule has 0 radical (unpaired) electrons. The van der Waals surface area contributed by atoms with Gasteiger partial charge >= 0.3 is 0 Å². The van der Waals surface area contributed by atoms with Crippen LogP contribution in [0.15, 0.2) is 42.5 Å². The number of hydrogen-bond acceptors (Lipinski definition) is 1. The molecule has 3 rings (SSSR count). The smallest absolute Gasteiger partial charge is 0.0570 e. The van der Waals surface area contributed by atoms with Crippen LogP contribution in [0.3, 0.4) is 0 Å². The maximum Gasteiger partial charge on any atom is 0.0570 e. The van der Waals surface area contributed by atoms with Gasteiger partial charge in [-0.15, -0.1) is 12.4 Å². The van der Waals surface area contributed by atoms with Crippen LogP contribution >= 0.6 is 35.6 Å². The lowest BCUT2D eigenvalue weighted by atomic mass is 10.0. The summed E-state index contributed by atoms with van der Waals surface area (Å²) in [5.74, 6) is 0. The van der Waals surface area contributed by atoms with E-state index in [-0.39, 0.29) is 18.4 Å². The van der Waals surface area contributed by atoms with Crippen LogP contribution in [0.2, 0.25) is 10.0 Å². The normalized spacial score (nSPS) is 16.7. The molecule has 1 aliphatic heterocycles. The van der Waals surface area contributed by atoms with Crippen molar-refractivity contribution in [1.29, 1.82) is 0 Å². The second-order valence-corrected chi connectivity index (χ2v) is 5.07. The molecular formula is C14H12Cl3N. The lowest BCUT2D eigenvalue weighted by Gasteiger charge is -2.13. The first kappa shape index (κ1) is 13.5. The number of nitrogens with one attached hydrogen (secondary N) is 1. The van der Waals surface area contributed by atoms with Gasteiger partial charge in [0.1, 0.15) is 0 Å². The monoisotopic (exact) mass is 299 g/mol. The van der Waals surface area contributed by atoms with Crippen LogP contribution in [-0.4, -0.2) is 0 Å². The Balaban J connectivity index is 0.00000120. The Bertz CT molecular complexity index is 544. The number of halogens is 3. The Morgan fingerprint density at radius 2 is 1.83 bits per heavy atom. The van der Waals surface area contributed by atoms with Crippen LogP contribution in [0.5, 0.6) is 0 Å². The lowest BCUT2D eigenvalue weighted by molar-refractivity contribution is 0.824. The van der Waals surface area contributed by atoms with Crippen molar-refractivity contribution in [3.05, 3.63) is 63.6 Å². The highest BCUT2D eigenvalue weighted by Crippen LogP contribution is 2.37. The first-order chi connectivity index (χ1) is 8.24. The van der Waals surface area contributed by atoms with Crippen molar-refractivity contribution in [1.82, 2.24) is 0 Å². The third-order valence-corrected chi connectivity index (χ3v) is 3.68. The van der Waals surface area contributed by atoms with E-state index < -0.39 is 0 Å². The molecule has 0 saturated carbocycles. The Morgan fingerprint density at radius 3 is 2.61 bits per heavy atom. The fraction of sp³-hybridized carbons (Fsp3) is 0.143. The molecule has 1 unspecified atom stereocenters. The summed E-state index contributed by atoms with van der Waals surface area (Å²) in [6.45, 7) is 0. The van der Waals surface area contributed by atoms with E-state index in [0.29, 0.717) is 0 Å². The van der Waals surface area contributed by atoms with Gasteiger partial charge < -0.3 is 5.32 Å². The van der Waals surface area contributed by atoms with Gasteiger partial charge in [-0.2, -0.15) is 0 Å². The minimum atomic E-state index is 0. The minimum absolute atomic E-state index is 0. The maximum atomic E-state index is 6.22. The van der Waals surface area contributed by atoms with Crippen LogP contribution in [0, 0.1) is 0 Å². The van der Waals surface area contributed by atoms with Gasteiger partial charge in [0, 0.05) is 15.7 Å². The van der Waals surface area contributed by atoms with E-state index >= 15 is 0 Å². The molecule has 1 heterocycles. The number of para-hydroxylation sites is 1. The van der Waals surface area contributed by atoms with E-state index in [1.807, 2.05) is 24.3 Å². The molecule has 94 valence electrons. The first-order valence-corrected chi connectivity index (χ1v) is 6.29. The number of anilines is 1. The summed E-state index contributed by atoms with van der Waals surface area (Å²) in [4.78, 5) is 0. The second-order valence-electron chi connectivity index (χ2n) is 4.22. The highest BCUT2D eigenvalue weighted by Gasteiger charge is 2.23. The third-order valence-electron chi connectivity index (χ3n) is 3.10. The molecule has 0 bridgehead atoms. The molecule has 0 saturated heterocycles. The largest absolute Gasteiger partial charge is 0.378 e. The van der Waals surface area contributed by atoms with E-state index in [1.165, 1.54) is 11.3 Å². The van der Waals surface area contributed by atoms with Gasteiger partial charge in [-0.25, -0.2) is 0 Å². The predicted molar refractivity (Wildman–Crippen MR) is 80.2 cm³/mol. The quantitative estimate of drug-likeness (QED) is 0.770. The molecule has 0 spiro atoms. The van der Waals surface area contributed by atoms with Gasteiger partial charge in [0.25, 0.3) is 0 Å². The summed E-state index contributed by atoms with van der Waals surface area (Å²) < 4.78 is 0. The van der Waals surface area contributed by atoms with Crippen LogP contribution in [-0.2, 0) is 6.42 Å². The highest BCUT2D eigenvalue weighted by molar-refractivity contribution is 6.33. The third kappa shape index (κ3) is 2.44. The molecule has 18 heavy (non-hydrogen) atoms. The zero-order valence-electron chi connectivity index (χ0n) is 9.49. The Labute approximate surface area is 123 Å². The second kappa shape index (κ2) is 5.40. The molecule has 2 aromatic rings. The fourth-order valence-electron chi connectivity index (χ4n) is 2.27. The SMILES string of the molecule is Cl.Clc1ccc(Cl)c(C2Cc3ccccc3N2)c1. The number of benzene rings is 2. The van der Waals surface area contributed by atoms with E-state index in [0.717, 1.165) is 22.0 Å². The molecule has 2 aromatic carbocycles. The number of rotatable bonds is 1. The van der Waals surface area contributed by atoms with E-state index in [4.69, 9.17) is 23.2 Å². The zero-order valence-corrected chi connectivity index (χ0v) is 11.8. The van der Waals surface area contributed by atoms with Gasteiger partial charge in [0.15, 0.2) is 0 Å². The van der Waals surface area contributed by atoms with Crippen molar-refractivity contribution in [3.63, 3.8) is 0 Å². The van der Waals surface area contributed by atoms with Crippen LogP contribution in [0.25, 0.3) is 0 Å². The molecule has 1 nitrogen and oxygen atoms in total. The molecule has 4 heteroatoms. The molecular weight excluding hydrogens is 289 g/mol. The van der Waals surface area contributed by atoms with Crippen molar-refractivity contribution in [2.24, 2.45) is 0 Å². The van der Waals surface area contributed by atoms with E-state index in [9.17, 15) is 0 Å². The number of hydrogen-bond donors (Lipinski definition) is 1. The van der Waals surface area contributed by atoms with Gasteiger partial charge in [-0.1, -0.05) is 41.4 Å². The maximum absolute atomic E-state index is 6.22. The summed E-state index contributed by atoms with van der Waals surface area (Å²) in [7, 11) is 0. The number of fused-ring (bicyclic) bond motifs is 1. The lowest BCUT2D eigenvalue weighted by Crippen LogP contribution is -2.06. The molecule has 1 atom stereocenters. The Morgan fingerprint density at radius 1 is 1.06 bits per heavy atom. The predicted octanol–water partition coefficient (Wildman–Crippen LogP) is 5.12. The van der Waals surface area contributed by atoms with Crippen LogP contribution < -0.4 is 5.32 Å². The summed E-state index contributed by atoms with van der Waals surface area (Å²) in [5.41, 5.74) is 3.58. The van der Waals surface area contributed by atoms with Crippen molar-refractivity contribution in [3.8, 4) is 0 Å². The van der Waals surface area contributed by atoms with Crippen molar-refractivity contribution >= 4 is 41.3 Å². The molecule has 1 aliphatic rings. The van der Waals surface area contributed by atoms with Gasteiger partial charge in [-0.05, 0) is 41.8 Å². The topological polar surface area (TPSA) is 12.0 Å². The first-order valence-electron chi connectivity index (χ1n) is 5.53. The Kier molecular flexibility index (Phi) is 4.06. The summed E-state index contributed by atoms with van der Waals surface area (Å²) in [5, 5.41) is 4.96. The van der Waals surface area contributed by atoms with Crippen LogP contribution in [0.4, 0.5) is 5.69 Å². The van der Waals surface area contributed by atoms with Crippen molar-refractivity contribution < 1.29 is 0 Å². The average molecular weight is 301 g/mol. The molecule has 0 aromatic heterocycles. The molecule has 1 N–H and O–H groups in total. The molecule has 0 amide bonds. The van der Waals surface area contributed by atoms with Gasteiger partial charge in [0.05, 0.1) is 6.04 Å². The van der Waals surface area contributed by atoms with Crippen LogP contribution in [0.1, 0.15) is 17.2 Å². The average Bonchev–Trinajstić information content (AvgIpc) is 2.75. The molecule has 0 aliphatic carbocycles. The standard InChI is InChI=1S/C14H11Cl2N.ClH/c15-10-5-6-12(16)11(8-10)14-7-9-3-1-2-4-13(9)17-14;/h1-6,8,14,17H,7H2;1H. The summed E-state index contributed by atoms with van der Waals surface area (Å²) in [6.07, 6.45) is 0.955. The Hall–Kier alpha value is -0.890. The van der Waals surface area contributed by atoms with Gasteiger partial charge in [-0.3, -0.25) is 0 Å². The fourth-order valence-corrected chi connectivity index (χ4v) is 2.70. The minimum Gasteiger partial charge on any atom is -0.378 e. The van der Waals surface area contributed by atoms with Gasteiger partial charge in [0.2, 0.25) is 0 Å². The molecule has 0 fully saturated rings. The zero-order chi connectivity index (χ0) is 11.8. The summed E-state index contributed by atoms with van der Waals surface area (Å²) in [6, 6.07) is 14.1. The van der Waals surface area contributed by atoms with E-state index in [1.54, 1.807) is 0 Å².